The van der Waals surface area contributed by atoms with Crippen LogP contribution in [0.2, 0.25) is 0 Å². The number of aryl methyl sites for hydroxylation is 1. The Morgan fingerprint density at radius 3 is 2.55 bits per heavy atom. The van der Waals surface area contributed by atoms with Crippen LogP contribution in [0.1, 0.15) is 17.4 Å². The fourth-order valence-electron chi connectivity index (χ4n) is 3.81. The molecule has 13 heteroatoms. The van der Waals surface area contributed by atoms with Gasteiger partial charge >= 0.3 is 0 Å². The van der Waals surface area contributed by atoms with E-state index < -0.39 is 33.1 Å². The van der Waals surface area contributed by atoms with Gasteiger partial charge in [-0.3, -0.25) is 14.3 Å². The van der Waals surface area contributed by atoms with E-state index in [1.807, 2.05) is 0 Å². The number of carbonyl (C=O) groups is 1. The van der Waals surface area contributed by atoms with Gasteiger partial charge < -0.3 is 19.6 Å². The van der Waals surface area contributed by atoms with Crippen molar-refractivity contribution in [3.63, 3.8) is 0 Å². The van der Waals surface area contributed by atoms with Crippen LogP contribution < -0.4 is 20.3 Å². The summed E-state index contributed by atoms with van der Waals surface area (Å²) in [5.41, 5.74) is 0.272. The number of hydrogen-bond acceptors (Lipinski definition) is 6. The standard InChI is InChI=1S/C25H21F2N5O5S/c1-3-38(35,36)31-15-5-7-21(37-22-6-4-14(26)10-19(22)27)16(11-15)18-13-32(2)23-17(18)12-20(30-25(23)34)24(33)29-9-8-28/h4-7,10-13,31H,3,9H2,1-2H3,(H,29,33)(H,30,34). The molecule has 0 aliphatic rings. The van der Waals surface area contributed by atoms with Crippen LogP contribution in [0.15, 0.2) is 53.5 Å². The number of ether oxygens (including phenoxy) is 1. The van der Waals surface area contributed by atoms with Crippen molar-refractivity contribution in [2.24, 2.45) is 7.05 Å². The summed E-state index contributed by atoms with van der Waals surface area (Å²) in [5.74, 6) is -2.85. The lowest BCUT2D eigenvalue weighted by Crippen LogP contribution is -2.26. The Hall–Kier alpha value is -4.70. The van der Waals surface area contributed by atoms with Crippen molar-refractivity contribution in [3.8, 4) is 28.7 Å². The summed E-state index contributed by atoms with van der Waals surface area (Å²) in [6.07, 6.45) is 1.57. The molecule has 2 heterocycles. The van der Waals surface area contributed by atoms with E-state index in [1.165, 1.54) is 35.8 Å². The number of pyridine rings is 1. The van der Waals surface area contributed by atoms with E-state index in [-0.39, 0.29) is 46.3 Å². The van der Waals surface area contributed by atoms with Crippen LogP contribution in [-0.4, -0.2) is 36.2 Å². The number of nitriles is 1. The van der Waals surface area contributed by atoms with Gasteiger partial charge in [-0.1, -0.05) is 0 Å². The topological polar surface area (TPSA) is 146 Å². The third-order valence-corrected chi connectivity index (χ3v) is 6.89. The van der Waals surface area contributed by atoms with Gasteiger partial charge in [0.1, 0.15) is 29.3 Å². The molecule has 0 aliphatic carbocycles. The maximum Gasteiger partial charge on any atom is 0.273 e. The molecule has 0 unspecified atom stereocenters. The van der Waals surface area contributed by atoms with Gasteiger partial charge in [0, 0.05) is 41.5 Å². The van der Waals surface area contributed by atoms with E-state index in [0.717, 1.165) is 12.1 Å². The van der Waals surface area contributed by atoms with E-state index in [2.05, 4.69) is 15.0 Å². The molecule has 1 amide bonds. The molecular formula is C25H21F2N5O5S. The predicted molar refractivity (Wildman–Crippen MR) is 136 cm³/mol. The minimum Gasteiger partial charge on any atom is -0.454 e. The van der Waals surface area contributed by atoms with Crippen molar-refractivity contribution in [1.82, 2.24) is 14.9 Å². The van der Waals surface area contributed by atoms with E-state index in [4.69, 9.17) is 10.00 Å². The average molecular weight is 542 g/mol. The average Bonchev–Trinajstić information content (AvgIpc) is 3.21. The van der Waals surface area contributed by atoms with Crippen LogP contribution >= 0.6 is 0 Å². The van der Waals surface area contributed by atoms with Gasteiger partial charge in [0.05, 0.1) is 11.8 Å². The summed E-state index contributed by atoms with van der Waals surface area (Å²) in [5, 5.41) is 11.4. The van der Waals surface area contributed by atoms with E-state index >= 15 is 0 Å². The van der Waals surface area contributed by atoms with Crippen LogP contribution in [-0.2, 0) is 17.1 Å². The van der Waals surface area contributed by atoms with Gasteiger partial charge in [0.2, 0.25) is 10.0 Å². The van der Waals surface area contributed by atoms with Gasteiger partial charge in [-0.25, -0.2) is 17.2 Å². The summed E-state index contributed by atoms with van der Waals surface area (Å²) in [6.45, 7) is 1.19. The molecule has 2 aromatic heterocycles. The molecule has 196 valence electrons. The Morgan fingerprint density at radius 2 is 1.87 bits per heavy atom. The third kappa shape index (κ3) is 5.35. The highest BCUT2D eigenvalue weighted by molar-refractivity contribution is 7.92. The van der Waals surface area contributed by atoms with Gasteiger partial charge in [0.25, 0.3) is 11.5 Å². The van der Waals surface area contributed by atoms with Crippen molar-refractivity contribution < 1.29 is 26.7 Å². The van der Waals surface area contributed by atoms with Crippen molar-refractivity contribution in [1.29, 1.82) is 5.26 Å². The summed E-state index contributed by atoms with van der Waals surface area (Å²) in [4.78, 5) is 27.8. The highest BCUT2D eigenvalue weighted by atomic mass is 32.2. The fourth-order valence-corrected chi connectivity index (χ4v) is 4.44. The number of nitrogens with zero attached hydrogens (tertiary/aromatic N) is 2. The number of hydrogen-bond donors (Lipinski definition) is 3. The second-order valence-electron chi connectivity index (χ2n) is 8.16. The number of H-pyrrole nitrogens is 1. The molecule has 10 nitrogen and oxygen atoms in total. The molecule has 4 aromatic rings. The van der Waals surface area contributed by atoms with Crippen molar-refractivity contribution in [3.05, 3.63) is 76.3 Å². The lowest BCUT2D eigenvalue weighted by molar-refractivity contribution is 0.0953. The lowest BCUT2D eigenvalue weighted by atomic mass is 10.0. The number of aromatic nitrogens is 2. The first-order chi connectivity index (χ1) is 18.0. The molecule has 4 rings (SSSR count). The minimum atomic E-state index is -3.66. The summed E-state index contributed by atoms with van der Waals surface area (Å²) >= 11 is 0. The largest absolute Gasteiger partial charge is 0.454 e. The number of sulfonamides is 1. The Bertz CT molecular complexity index is 1770. The SMILES string of the molecule is CCS(=O)(=O)Nc1ccc(Oc2ccc(F)cc2F)c(-c2cn(C)c3c(=O)[nH]c(C(=O)NCC#N)cc23)c1. The van der Waals surface area contributed by atoms with E-state index in [1.54, 1.807) is 19.3 Å². The smallest absolute Gasteiger partial charge is 0.273 e. The van der Waals surface area contributed by atoms with E-state index in [9.17, 15) is 26.8 Å². The van der Waals surface area contributed by atoms with Gasteiger partial charge in [-0.2, -0.15) is 5.26 Å². The molecule has 0 atom stereocenters. The summed E-state index contributed by atoms with van der Waals surface area (Å²) < 4.78 is 61.9. The number of halogens is 2. The first-order valence-corrected chi connectivity index (χ1v) is 12.8. The van der Waals surface area contributed by atoms with Crippen molar-refractivity contribution in [2.45, 2.75) is 6.92 Å². The molecule has 2 aromatic carbocycles. The van der Waals surface area contributed by atoms with Gasteiger partial charge in [0.15, 0.2) is 11.6 Å². The van der Waals surface area contributed by atoms with Gasteiger partial charge in [-0.15, -0.1) is 0 Å². The zero-order valence-electron chi connectivity index (χ0n) is 20.1. The number of benzene rings is 2. The lowest BCUT2D eigenvalue weighted by Gasteiger charge is -2.14. The molecule has 0 bridgehead atoms. The maximum absolute atomic E-state index is 14.4. The zero-order chi connectivity index (χ0) is 27.6. The van der Waals surface area contributed by atoms with Crippen LogP contribution in [0.3, 0.4) is 0 Å². The molecule has 38 heavy (non-hydrogen) atoms. The highest BCUT2D eigenvalue weighted by Gasteiger charge is 2.21. The predicted octanol–water partition coefficient (Wildman–Crippen LogP) is 3.62. The van der Waals surface area contributed by atoms with Gasteiger partial charge in [-0.05, 0) is 43.3 Å². The Balaban J connectivity index is 1.94. The number of rotatable bonds is 8. The van der Waals surface area contributed by atoms with Crippen molar-refractivity contribution in [2.75, 3.05) is 17.0 Å². The molecule has 0 fully saturated rings. The molecule has 0 saturated carbocycles. The molecule has 0 spiro atoms. The third-order valence-electron chi connectivity index (χ3n) is 5.58. The number of carbonyl (C=O) groups excluding carboxylic acids is 1. The van der Waals surface area contributed by atoms with Crippen molar-refractivity contribution >= 4 is 32.5 Å². The Morgan fingerprint density at radius 1 is 1.13 bits per heavy atom. The molecule has 3 N–H and O–H groups in total. The minimum absolute atomic E-state index is 0.0678. The second kappa shape index (κ2) is 10.3. The fraction of sp³-hybridized carbons (Fsp3) is 0.160. The number of anilines is 1. The number of fused-ring (bicyclic) bond motifs is 1. The van der Waals surface area contributed by atoms with Crippen LogP contribution in [0.25, 0.3) is 22.0 Å². The highest BCUT2D eigenvalue weighted by Crippen LogP contribution is 2.40. The number of nitrogens with one attached hydrogen (secondary N) is 3. The maximum atomic E-state index is 14.4. The van der Waals surface area contributed by atoms with Crippen LogP contribution in [0.4, 0.5) is 14.5 Å². The first-order valence-electron chi connectivity index (χ1n) is 11.2. The molecule has 0 radical (unpaired) electrons. The quantitative estimate of drug-likeness (QED) is 0.291. The molecule has 0 aliphatic heterocycles. The monoisotopic (exact) mass is 541 g/mol. The zero-order valence-corrected chi connectivity index (χ0v) is 20.9. The summed E-state index contributed by atoms with van der Waals surface area (Å²) in [7, 11) is -2.06. The summed E-state index contributed by atoms with van der Waals surface area (Å²) in [6, 6.07) is 10.2. The number of aromatic amines is 1. The number of amides is 1. The van der Waals surface area contributed by atoms with Crippen LogP contribution in [0, 0.1) is 23.0 Å². The van der Waals surface area contributed by atoms with Crippen LogP contribution in [0.5, 0.6) is 11.5 Å². The van der Waals surface area contributed by atoms with E-state index in [0.29, 0.717) is 17.0 Å². The normalized spacial score (nSPS) is 11.2. The molecule has 0 saturated heterocycles. The Labute approximate surface area is 215 Å². The first kappa shape index (κ1) is 26.4. The molecular weight excluding hydrogens is 520 g/mol. The Kier molecular flexibility index (Phi) is 7.18. The second-order valence-corrected chi connectivity index (χ2v) is 10.2.